The third-order valence-corrected chi connectivity index (χ3v) is 1.73. The fourth-order valence-corrected chi connectivity index (χ4v) is 1.07. The Morgan fingerprint density at radius 2 is 2.19 bits per heavy atom. The number of hydrogen-bond acceptors (Lipinski definition) is 3. The van der Waals surface area contributed by atoms with Crippen molar-refractivity contribution in [2.24, 2.45) is 0 Å². The van der Waals surface area contributed by atoms with Crippen molar-refractivity contribution >= 4 is 5.91 Å². The zero-order valence-electron chi connectivity index (χ0n) is 8.08. The quantitative estimate of drug-likeness (QED) is 0.814. The number of amides is 1. The molecule has 0 aliphatic rings. The zero-order chi connectivity index (χ0) is 12.2. The minimum absolute atomic E-state index is 0.118. The SMILES string of the molecule is O=C(NCCO)c1ncccc1C(F)(F)F. The lowest BCUT2D eigenvalue weighted by Crippen LogP contribution is -2.29. The number of aliphatic hydroxyl groups excluding tert-OH is 1. The number of nitrogens with zero attached hydrogens (tertiary/aromatic N) is 1. The van der Waals surface area contributed by atoms with Crippen LogP contribution in [-0.2, 0) is 6.18 Å². The molecule has 0 aliphatic heterocycles. The minimum atomic E-state index is -4.62. The molecular weight excluding hydrogens is 225 g/mol. The van der Waals surface area contributed by atoms with Crippen LogP contribution in [-0.4, -0.2) is 29.1 Å². The average Bonchev–Trinajstić information content (AvgIpc) is 2.24. The summed E-state index contributed by atoms with van der Waals surface area (Å²) in [5.74, 6) is -0.957. The highest BCUT2D eigenvalue weighted by Crippen LogP contribution is 2.30. The second kappa shape index (κ2) is 4.93. The molecule has 0 aromatic carbocycles. The largest absolute Gasteiger partial charge is 0.418 e. The summed E-state index contributed by atoms with van der Waals surface area (Å²) in [5.41, 5.74) is -1.78. The first-order chi connectivity index (χ1) is 7.46. The number of nitrogens with one attached hydrogen (secondary N) is 1. The topological polar surface area (TPSA) is 62.2 Å². The fraction of sp³-hybridized carbons (Fsp3) is 0.333. The predicted octanol–water partition coefficient (Wildman–Crippen LogP) is 0.822. The Bertz CT molecular complexity index is 379. The van der Waals surface area contributed by atoms with E-state index in [1.54, 1.807) is 0 Å². The highest BCUT2D eigenvalue weighted by atomic mass is 19.4. The van der Waals surface area contributed by atoms with Crippen molar-refractivity contribution in [1.82, 2.24) is 10.3 Å². The number of aliphatic hydroxyl groups is 1. The van der Waals surface area contributed by atoms with Crippen LogP contribution in [0.5, 0.6) is 0 Å². The van der Waals surface area contributed by atoms with Crippen LogP contribution in [0.3, 0.4) is 0 Å². The Hall–Kier alpha value is -1.63. The number of hydrogen-bond donors (Lipinski definition) is 2. The molecule has 0 spiro atoms. The van der Waals surface area contributed by atoms with Gasteiger partial charge in [0.05, 0.1) is 12.2 Å². The van der Waals surface area contributed by atoms with Crippen LogP contribution >= 0.6 is 0 Å². The molecule has 0 saturated heterocycles. The van der Waals surface area contributed by atoms with Gasteiger partial charge in [0.15, 0.2) is 0 Å². The molecule has 0 radical (unpaired) electrons. The number of carbonyl (C=O) groups is 1. The molecule has 2 N–H and O–H groups in total. The molecule has 0 bridgehead atoms. The van der Waals surface area contributed by atoms with E-state index in [0.717, 1.165) is 18.3 Å². The van der Waals surface area contributed by atoms with E-state index in [0.29, 0.717) is 0 Å². The second-order valence-corrected chi connectivity index (χ2v) is 2.88. The van der Waals surface area contributed by atoms with Crippen LogP contribution in [0.2, 0.25) is 0 Å². The van der Waals surface area contributed by atoms with E-state index in [2.05, 4.69) is 10.3 Å². The van der Waals surface area contributed by atoms with E-state index in [1.165, 1.54) is 0 Å². The lowest BCUT2D eigenvalue weighted by Gasteiger charge is -2.10. The fourth-order valence-electron chi connectivity index (χ4n) is 1.07. The molecule has 1 heterocycles. The summed E-state index contributed by atoms with van der Waals surface area (Å²) in [5, 5.41) is 10.5. The Labute approximate surface area is 89.1 Å². The van der Waals surface area contributed by atoms with Crippen LogP contribution in [0.1, 0.15) is 16.1 Å². The van der Waals surface area contributed by atoms with E-state index in [-0.39, 0.29) is 13.2 Å². The summed E-state index contributed by atoms with van der Waals surface area (Å²) in [6.07, 6.45) is -3.52. The predicted molar refractivity (Wildman–Crippen MR) is 48.7 cm³/mol. The van der Waals surface area contributed by atoms with Gasteiger partial charge in [-0.1, -0.05) is 0 Å². The Balaban J connectivity index is 3.00. The summed E-state index contributed by atoms with van der Waals surface area (Å²) >= 11 is 0. The average molecular weight is 234 g/mol. The van der Waals surface area contributed by atoms with Gasteiger partial charge in [0.2, 0.25) is 0 Å². The van der Waals surface area contributed by atoms with Crippen molar-refractivity contribution in [3.8, 4) is 0 Å². The van der Waals surface area contributed by atoms with Gasteiger partial charge in [0.1, 0.15) is 5.69 Å². The van der Waals surface area contributed by atoms with Gasteiger partial charge >= 0.3 is 6.18 Å². The van der Waals surface area contributed by atoms with Gasteiger partial charge in [-0.25, -0.2) is 0 Å². The van der Waals surface area contributed by atoms with Crippen LogP contribution in [0.15, 0.2) is 18.3 Å². The van der Waals surface area contributed by atoms with Gasteiger partial charge in [-0.3, -0.25) is 9.78 Å². The number of rotatable bonds is 3. The van der Waals surface area contributed by atoms with Crippen molar-refractivity contribution in [1.29, 1.82) is 0 Å². The number of aromatic nitrogens is 1. The van der Waals surface area contributed by atoms with Gasteiger partial charge in [0, 0.05) is 12.7 Å². The summed E-state index contributed by atoms with van der Waals surface area (Å²) in [7, 11) is 0. The molecule has 88 valence electrons. The summed E-state index contributed by atoms with van der Waals surface area (Å²) in [6.45, 7) is -0.466. The normalized spacial score (nSPS) is 11.2. The molecular formula is C9H9F3N2O2. The van der Waals surface area contributed by atoms with E-state index < -0.39 is 23.3 Å². The van der Waals surface area contributed by atoms with Crippen LogP contribution in [0.4, 0.5) is 13.2 Å². The third kappa shape index (κ3) is 2.93. The number of carbonyl (C=O) groups excluding carboxylic acids is 1. The Morgan fingerprint density at radius 1 is 1.50 bits per heavy atom. The molecule has 0 unspecified atom stereocenters. The van der Waals surface area contributed by atoms with Crippen molar-refractivity contribution < 1.29 is 23.1 Å². The molecule has 0 aliphatic carbocycles. The van der Waals surface area contributed by atoms with Gasteiger partial charge in [0.25, 0.3) is 5.91 Å². The molecule has 0 atom stereocenters. The van der Waals surface area contributed by atoms with Crippen molar-refractivity contribution in [3.63, 3.8) is 0 Å². The first-order valence-corrected chi connectivity index (χ1v) is 4.38. The number of halogens is 3. The minimum Gasteiger partial charge on any atom is -0.395 e. The van der Waals surface area contributed by atoms with Gasteiger partial charge < -0.3 is 10.4 Å². The second-order valence-electron chi connectivity index (χ2n) is 2.88. The summed E-state index contributed by atoms with van der Waals surface area (Å²) in [6, 6.07) is 1.88. The van der Waals surface area contributed by atoms with Gasteiger partial charge in [-0.05, 0) is 12.1 Å². The Morgan fingerprint density at radius 3 is 2.75 bits per heavy atom. The van der Waals surface area contributed by atoms with Gasteiger partial charge in [-0.2, -0.15) is 13.2 Å². The molecule has 0 saturated carbocycles. The summed E-state index contributed by atoms with van der Waals surface area (Å²) in [4.78, 5) is 14.7. The van der Waals surface area contributed by atoms with E-state index in [9.17, 15) is 18.0 Å². The monoisotopic (exact) mass is 234 g/mol. The molecule has 4 nitrogen and oxygen atoms in total. The van der Waals surface area contributed by atoms with Crippen LogP contribution in [0.25, 0.3) is 0 Å². The smallest absolute Gasteiger partial charge is 0.395 e. The Kier molecular flexibility index (Phi) is 3.83. The van der Waals surface area contributed by atoms with E-state index in [4.69, 9.17) is 5.11 Å². The lowest BCUT2D eigenvalue weighted by molar-refractivity contribution is -0.138. The first kappa shape index (κ1) is 12.4. The maximum absolute atomic E-state index is 12.5. The van der Waals surface area contributed by atoms with E-state index in [1.807, 2.05) is 0 Å². The molecule has 16 heavy (non-hydrogen) atoms. The van der Waals surface area contributed by atoms with Crippen molar-refractivity contribution in [2.75, 3.05) is 13.2 Å². The maximum atomic E-state index is 12.5. The zero-order valence-corrected chi connectivity index (χ0v) is 8.08. The molecule has 1 rings (SSSR count). The molecule has 7 heteroatoms. The molecule has 0 fully saturated rings. The van der Waals surface area contributed by atoms with Crippen molar-refractivity contribution in [3.05, 3.63) is 29.6 Å². The highest BCUT2D eigenvalue weighted by Gasteiger charge is 2.35. The molecule has 1 aromatic heterocycles. The molecule has 1 amide bonds. The molecule has 1 aromatic rings. The number of alkyl halides is 3. The van der Waals surface area contributed by atoms with Crippen LogP contribution < -0.4 is 5.32 Å². The summed E-state index contributed by atoms with van der Waals surface area (Å²) < 4.78 is 37.4. The lowest BCUT2D eigenvalue weighted by atomic mass is 10.2. The van der Waals surface area contributed by atoms with Crippen molar-refractivity contribution in [2.45, 2.75) is 6.18 Å². The third-order valence-electron chi connectivity index (χ3n) is 1.73. The first-order valence-electron chi connectivity index (χ1n) is 4.38. The number of pyridine rings is 1. The highest BCUT2D eigenvalue weighted by molar-refractivity contribution is 5.93. The standard InChI is InChI=1S/C9H9F3N2O2/c10-9(11,12)6-2-1-3-13-7(6)8(16)14-4-5-15/h1-3,15H,4-5H2,(H,14,16). The van der Waals surface area contributed by atoms with Gasteiger partial charge in [-0.15, -0.1) is 0 Å². The maximum Gasteiger partial charge on any atom is 0.418 e. The van der Waals surface area contributed by atoms with Crippen LogP contribution in [0, 0.1) is 0 Å². The van der Waals surface area contributed by atoms with E-state index >= 15 is 0 Å².